The molecular weight excluding hydrogens is 523 g/mol. The standard InChI is InChI=1S/C28H25FN4O5S/c1-16-25(27(35)33-21-13-19(36-2)9-10-22(21)37-3)26(23-8-5-11-38-23)20(14-30)28(31-16)39-15-24(34)32-18-7-4-6-17(29)12-18/h4-13,26,31H,15H2,1-3H3,(H,32,34)(H,33,35)/t26-/m0/s1. The number of thioether (sulfide) groups is 1. The quantitative estimate of drug-likeness (QED) is 0.336. The van der Waals surface area contributed by atoms with Crippen molar-refractivity contribution in [3.8, 4) is 17.6 Å². The maximum absolute atomic E-state index is 13.6. The zero-order valence-corrected chi connectivity index (χ0v) is 22.1. The number of hydrogen-bond donors (Lipinski definition) is 3. The lowest BCUT2D eigenvalue weighted by molar-refractivity contribution is -0.114. The number of nitrogens with zero attached hydrogens (tertiary/aromatic N) is 1. The van der Waals surface area contributed by atoms with Crippen LogP contribution in [0.3, 0.4) is 0 Å². The Morgan fingerprint density at radius 1 is 1.13 bits per heavy atom. The molecule has 0 saturated carbocycles. The third-order valence-electron chi connectivity index (χ3n) is 5.83. The Morgan fingerprint density at radius 3 is 2.62 bits per heavy atom. The molecule has 0 radical (unpaired) electrons. The van der Waals surface area contributed by atoms with E-state index in [2.05, 4.69) is 22.0 Å². The van der Waals surface area contributed by atoms with Crippen molar-refractivity contribution in [2.24, 2.45) is 0 Å². The number of rotatable bonds is 9. The average molecular weight is 549 g/mol. The Bertz CT molecular complexity index is 1490. The minimum Gasteiger partial charge on any atom is -0.497 e. The second kappa shape index (κ2) is 12.2. The van der Waals surface area contributed by atoms with Crippen molar-refractivity contribution in [3.05, 3.63) is 94.3 Å². The maximum atomic E-state index is 13.6. The van der Waals surface area contributed by atoms with Crippen molar-refractivity contribution in [3.63, 3.8) is 0 Å². The molecule has 4 rings (SSSR count). The monoisotopic (exact) mass is 548 g/mol. The van der Waals surface area contributed by atoms with Crippen LogP contribution in [0.2, 0.25) is 0 Å². The Balaban J connectivity index is 1.61. The minimum absolute atomic E-state index is 0.0648. The van der Waals surface area contributed by atoms with Crippen LogP contribution in [0.15, 0.2) is 87.1 Å². The number of nitriles is 1. The predicted octanol–water partition coefficient (Wildman–Crippen LogP) is 5.14. The van der Waals surface area contributed by atoms with Crippen LogP contribution in [0.5, 0.6) is 11.5 Å². The van der Waals surface area contributed by atoms with Crippen molar-refractivity contribution >= 4 is 35.0 Å². The fourth-order valence-corrected chi connectivity index (χ4v) is 4.96. The van der Waals surface area contributed by atoms with Gasteiger partial charge in [0.2, 0.25) is 5.91 Å². The highest BCUT2D eigenvalue weighted by molar-refractivity contribution is 8.03. The van der Waals surface area contributed by atoms with Gasteiger partial charge in [0, 0.05) is 17.5 Å². The summed E-state index contributed by atoms with van der Waals surface area (Å²) >= 11 is 1.09. The smallest absolute Gasteiger partial charge is 0.254 e. The van der Waals surface area contributed by atoms with E-state index in [4.69, 9.17) is 13.9 Å². The molecule has 2 heterocycles. The average Bonchev–Trinajstić information content (AvgIpc) is 3.46. The first-order chi connectivity index (χ1) is 18.8. The zero-order valence-electron chi connectivity index (χ0n) is 21.3. The lowest BCUT2D eigenvalue weighted by Crippen LogP contribution is -2.31. The summed E-state index contributed by atoms with van der Waals surface area (Å²) in [6.45, 7) is 1.70. The molecule has 9 nitrogen and oxygen atoms in total. The second-order valence-corrected chi connectivity index (χ2v) is 9.32. The largest absolute Gasteiger partial charge is 0.497 e. The van der Waals surface area contributed by atoms with E-state index in [1.54, 1.807) is 43.3 Å². The van der Waals surface area contributed by atoms with Gasteiger partial charge in [-0.1, -0.05) is 17.8 Å². The molecule has 1 aliphatic rings. The summed E-state index contributed by atoms with van der Waals surface area (Å²) in [4.78, 5) is 26.2. The summed E-state index contributed by atoms with van der Waals surface area (Å²) in [5.41, 5.74) is 1.66. The molecule has 3 aromatic rings. The van der Waals surface area contributed by atoms with Gasteiger partial charge in [0.05, 0.1) is 60.1 Å². The number of benzene rings is 2. The van der Waals surface area contributed by atoms with Crippen molar-refractivity contribution in [1.82, 2.24) is 5.32 Å². The molecule has 2 aromatic carbocycles. The lowest BCUT2D eigenvalue weighted by Gasteiger charge is -2.28. The Morgan fingerprint density at radius 2 is 1.95 bits per heavy atom. The summed E-state index contributed by atoms with van der Waals surface area (Å²) in [7, 11) is 3.00. The van der Waals surface area contributed by atoms with Crippen molar-refractivity contribution in [2.75, 3.05) is 30.6 Å². The van der Waals surface area contributed by atoms with E-state index in [1.165, 1.54) is 38.7 Å². The van der Waals surface area contributed by atoms with Gasteiger partial charge in [-0.3, -0.25) is 9.59 Å². The van der Waals surface area contributed by atoms with Crippen LogP contribution in [-0.2, 0) is 9.59 Å². The number of methoxy groups -OCH3 is 2. The summed E-state index contributed by atoms with van der Waals surface area (Å²) in [6, 6.07) is 16.1. The van der Waals surface area contributed by atoms with Gasteiger partial charge in [0.25, 0.3) is 5.91 Å². The molecule has 0 spiro atoms. The van der Waals surface area contributed by atoms with Crippen LogP contribution < -0.4 is 25.4 Å². The third-order valence-corrected chi connectivity index (χ3v) is 6.85. The van der Waals surface area contributed by atoms with Crippen molar-refractivity contribution < 1.29 is 27.9 Å². The molecule has 1 atom stereocenters. The SMILES string of the molecule is COc1ccc(OC)c(NC(=O)C2=C(C)NC(SCC(=O)Nc3cccc(F)c3)=C(C#N)[C@H]2c2ccco2)c1. The topological polar surface area (TPSA) is 126 Å². The van der Waals surface area contributed by atoms with E-state index < -0.39 is 17.6 Å². The highest BCUT2D eigenvalue weighted by Gasteiger charge is 2.36. The first kappa shape index (κ1) is 27.3. The van der Waals surface area contributed by atoms with Crippen LogP contribution in [-0.4, -0.2) is 31.8 Å². The zero-order chi connectivity index (χ0) is 27.9. The van der Waals surface area contributed by atoms with Gasteiger partial charge in [-0.05, 0) is 49.4 Å². The van der Waals surface area contributed by atoms with Crippen LogP contribution in [0.1, 0.15) is 18.6 Å². The van der Waals surface area contributed by atoms with Gasteiger partial charge in [0.1, 0.15) is 23.1 Å². The first-order valence-electron chi connectivity index (χ1n) is 11.7. The molecule has 0 bridgehead atoms. The van der Waals surface area contributed by atoms with E-state index >= 15 is 0 Å². The van der Waals surface area contributed by atoms with Crippen LogP contribution in [0.4, 0.5) is 15.8 Å². The van der Waals surface area contributed by atoms with Gasteiger partial charge in [-0.2, -0.15) is 5.26 Å². The lowest BCUT2D eigenvalue weighted by atomic mass is 9.85. The normalized spacial score (nSPS) is 14.8. The number of carbonyl (C=O) groups is 2. The molecular formula is C28H25FN4O5S. The number of nitrogens with one attached hydrogen (secondary N) is 3. The van der Waals surface area contributed by atoms with Gasteiger partial charge < -0.3 is 29.8 Å². The first-order valence-corrected chi connectivity index (χ1v) is 12.7. The number of ether oxygens (including phenoxy) is 2. The van der Waals surface area contributed by atoms with Gasteiger partial charge in [-0.25, -0.2) is 4.39 Å². The number of anilines is 2. The summed E-state index contributed by atoms with van der Waals surface area (Å²) in [5.74, 6) is -0.899. The molecule has 0 unspecified atom stereocenters. The molecule has 39 heavy (non-hydrogen) atoms. The summed E-state index contributed by atoms with van der Waals surface area (Å²) < 4.78 is 29.7. The van der Waals surface area contributed by atoms with Crippen LogP contribution in [0, 0.1) is 17.1 Å². The van der Waals surface area contributed by atoms with Gasteiger partial charge in [-0.15, -0.1) is 0 Å². The van der Waals surface area contributed by atoms with E-state index in [9.17, 15) is 19.2 Å². The van der Waals surface area contributed by atoms with E-state index in [0.29, 0.717) is 39.4 Å². The number of amides is 2. The molecule has 1 aromatic heterocycles. The van der Waals surface area contributed by atoms with Crippen LogP contribution >= 0.6 is 11.8 Å². The number of carbonyl (C=O) groups excluding carboxylic acids is 2. The Labute approximate surface area is 228 Å². The second-order valence-electron chi connectivity index (χ2n) is 8.33. The van der Waals surface area contributed by atoms with Crippen LogP contribution in [0.25, 0.3) is 0 Å². The molecule has 3 N–H and O–H groups in total. The number of furan rings is 1. The Kier molecular flexibility index (Phi) is 8.58. The number of halogens is 1. The van der Waals surface area contributed by atoms with E-state index in [-0.39, 0.29) is 22.8 Å². The highest BCUT2D eigenvalue weighted by atomic mass is 32.2. The fourth-order valence-electron chi connectivity index (χ4n) is 4.07. The van der Waals surface area contributed by atoms with E-state index in [0.717, 1.165) is 11.8 Å². The highest BCUT2D eigenvalue weighted by Crippen LogP contribution is 2.41. The van der Waals surface area contributed by atoms with Gasteiger partial charge in [0.15, 0.2) is 0 Å². The molecule has 0 saturated heterocycles. The maximum Gasteiger partial charge on any atom is 0.254 e. The molecule has 0 fully saturated rings. The molecule has 1 aliphatic heterocycles. The van der Waals surface area contributed by atoms with E-state index in [1.807, 2.05) is 0 Å². The third kappa shape index (κ3) is 6.25. The predicted molar refractivity (Wildman–Crippen MR) is 146 cm³/mol. The Hall–Kier alpha value is -4.69. The van der Waals surface area contributed by atoms with Crippen molar-refractivity contribution in [2.45, 2.75) is 12.8 Å². The fraction of sp³-hybridized carbons (Fsp3) is 0.179. The number of allylic oxidation sites excluding steroid dienone is 2. The molecule has 0 aliphatic carbocycles. The minimum atomic E-state index is -0.836. The number of hydrogen-bond acceptors (Lipinski definition) is 8. The summed E-state index contributed by atoms with van der Waals surface area (Å²) in [6.07, 6.45) is 1.46. The molecule has 200 valence electrons. The molecule has 11 heteroatoms. The van der Waals surface area contributed by atoms with Gasteiger partial charge >= 0.3 is 0 Å². The number of dihydropyridines is 1. The van der Waals surface area contributed by atoms with Crippen molar-refractivity contribution in [1.29, 1.82) is 5.26 Å². The summed E-state index contributed by atoms with van der Waals surface area (Å²) in [5, 5.41) is 19.1. The molecule has 2 amide bonds.